The second-order valence-corrected chi connectivity index (χ2v) is 10.1. The number of nitrogens with zero attached hydrogens (tertiary/aromatic N) is 5. The van der Waals surface area contributed by atoms with Gasteiger partial charge in [-0.15, -0.1) is 0 Å². The van der Waals surface area contributed by atoms with E-state index in [-0.39, 0.29) is 23.1 Å². The van der Waals surface area contributed by atoms with Crippen molar-refractivity contribution in [3.63, 3.8) is 0 Å². The number of hydrogen-bond acceptors (Lipinski definition) is 8. The Hall–Kier alpha value is -3.21. The van der Waals surface area contributed by atoms with Crippen LogP contribution in [0.5, 0.6) is 0 Å². The number of carbonyl (C=O) groups is 1. The molecule has 32 heavy (non-hydrogen) atoms. The van der Waals surface area contributed by atoms with E-state index in [4.69, 9.17) is 4.74 Å². The van der Waals surface area contributed by atoms with Gasteiger partial charge in [0.25, 0.3) is 0 Å². The molecule has 2 aromatic heterocycles. The highest BCUT2D eigenvalue weighted by atomic mass is 32.2. The SMILES string of the molecule is CC(C)OC(=O)N1CCC(Nc2ncnc3c2cnn3-c2ccc(S(C)(=O)=O)cc2)CC1. The summed E-state index contributed by atoms with van der Waals surface area (Å²) in [7, 11) is -3.27. The van der Waals surface area contributed by atoms with Crippen molar-refractivity contribution >= 4 is 32.8 Å². The summed E-state index contributed by atoms with van der Waals surface area (Å²) in [6.45, 7) is 4.91. The van der Waals surface area contributed by atoms with Crippen LogP contribution in [0.1, 0.15) is 26.7 Å². The molecule has 0 saturated carbocycles. The molecular weight excluding hydrogens is 432 g/mol. The topological polar surface area (TPSA) is 119 Å². The molecule has 0 atom stereocenters. The fraction of sp³-hybridized carbons (Fsp3) is 0.429. The number of fused-ring (bicyclic) bond motifs is 1. The number of piperidine rings is 1. The van der Waals surface area contributed by atoms with Gasteiger partial charge in [0.05, 0.1) is 28.3 Å². The zero-order valence-corrected chi connectivity index (χ0v) is 19.0. The first kappa shape index (κ1) is 22.0. The van der Waals surface area contributed by atoms with Crippen LogP contribution in [0.25, 0.3) is 16.7 Å². The van der Waals surface area contributed by atoms with E-state index in [1.54, 1.807) is 40.0 Å². The van der Waals surface area contributed by atoms with Crippen LogP contribution < -0.4 is 5.32 Å². The molecule has 1 saturated heterocycles. The summed E-state index contributed by atoms with van der Waals surface area (Å²) in [4.78, 5) is 22.8. The average Bonchev–Trinajstić information content (AvgIpc) is 3.18. The summed E-state index contributed by atoms with van der Waals surface area (Å²) < 4.78 is 30.3. The largest absolute Gasteiger partial charge is 0.447 e. The minimum absolute atomic E-state index is 0.133. The van der Waals surface area contributed by atoms with Gasteiger partial charge in [-0.2, -0.15) is 5.10 Å². The summed E-state index contributed by atoms with van der Waals surface area (Å²) in [6, 6.07) is 6.66. The fourth-order valence-corrected chi connectivity index (χ4v) is 4.29. The van der Waals surface area contributed by atoms with E-state index in [1.807, 2.05) is 13.8 Å². The van der Waals surface area contributed by atoms with Crippen LogP contribution in [0.3, 0.4) is 0 Å². The zero-order chi connectivity index (χ0) is 22.9. The maximum absolute atomic E-state index is 12.1. The molecule has 0 aliphatic carbocycles. The van der Waals surface area contributed by atoms with Crippen LogP contribution in [0.2, 0.25) is 0 Å². The van der Waals surface area contributed by atoms with E-state index in [9.17, 15) is 13.2 Å². The minimum Gasteiger partial charge on any atom is -0.447 e. The number of benzene rings is 1. The lowest BCUT2D eigenvalue weighted by molar-refractivity contribution is 0.0701. The highest BCUT2D eigenvalue weighted by molar-refractivity contribution is 7.90. The molecule has 1 amide bonds. The number of ether oxygens (including phenoxy) is 1. The minimum atomic E-state index is -3.27. The van der Waals surface area contributed by atoms with Crippen LogP contribution in [-0.2, 0) is 14.6 Å². The molecule has 4 rings (SSSR count). The molecule has 1 fully saturated rings. The number of aromatic nitrogens is 4. The van der Waals surface area contributed by atoms with E-state index >= 15 is 0 Å². The third kappa shape index (κ3) is 4.67. The number of sulfone groups is 1. The molecule has 10 nitrogen and oxygen atoms in total. The molecule has 0 unspecified atom stereocenters. The van der Waals surface area contributed by atoms with Gasteiger partial charge < -0.3 is 15.0 Å². The Morgan fingerprint density at radius 2 is 1.84 bits per heavy atom. The van der Waals surface area contributed by atoms with Crippen molar-refractivity contribution in [3.8, 4) is 5.69 Å². The molecule has 11 heteroatoms. The molecule has 0 radical (unpaired) electrons. The van der Waals surface area contributed by atoms with Crippen molar-refractivity contribution in [2.24, 2.45) is 0 Å². The smallest absolute Gasteiger partial charge is 0.410 e. The standard InChI is InChI=1S/C21H26N6O4S/c1-14(2)31-21(28)26-10-8-15(9-11-26)25-19-18-12-24-27(20(18)23-13-22-19)16-4-6-17(7-5-16)32(3,29)30/h4-7,12-15H,8-11H2,1-3H3,(H,22,23,25). The second-order valence-electron chi connectivity index (χ2n) is 8.12. The lowest BCUT2D eigenvalue weighted by Gasteiger charge is -2.32. The Labute approximate surface area is 186 Å². The average molecular weight is 459 g/mol. The summed E-state index contributed by atoms with van der Waals surface area (Å²) in [6.07, 6.45) is 5.49. The number of likely N-dealkylation sites (tertiary alicyclic amines) is 1. The molecule has 1 aliphatic rings. The van der Waals surface area contributed by atoms with Gasteiger partial charge in [-0.1, -0.05) is 0 Å². The molecule has 3 heterocycles. The van der Waals surface area contributed by atoms with Gasteiger partial charge in [-0.3, -0.25) is 0 Å². The van der Waals surface area contributed by atoms with Crippen molar-refractivity contribution in [1.82, 2.24) is 24.6 Å². The molecule has 0 spiro atoms. The summed E-state index contributed by atoms with van der Waals surface area (Å²) >= 11 is 0. The predicted molar refractivity (Wildman–Crippen MR) is 120 cm³/mol. The maximum atomic E-state index is 12.1. The predicted octanol–water partition coefficient (Wildman–Crippen LogP) is 2.64. The van der Waals surface area contributed by atoms with E-state index in [0.29, 0.717) is 30.2 Å². The van der Waals surface area contributed by atoms with Crippen LogP contribution in [0.4, 0.5) is 10.6 Å². The molecule has 1 N–H and O–H groups in total. The number of anilines is 1. The third-order valence-electron chi connectivity index (χ3n) is 5.31. The molecule has 170 valence electrons. The number of nitrogens with one attached hydrogen (secondary N) is 1. The lowest BCUT2D eigenvalue weighted by atomic mass is 10.1. The van der Waals surface area contributed by atoms with E-state index in [0.717, 1.165) is 18.2 Å². The van der Waals surface area contributed by atoms with Gasteiger partial charge in [0.15, 0.2) is 15.5 Å². The number of hydrogen-bond donors (Lipinski definition) is 1. The Balaban J connectivity index is 1.49. The first-order valence-corrected chi connectivity index (χ1v) is 12.3. The first-order chi connectivity index (χ1) is 15.2. The Bertz CT molecular complexity index is 1210. The fourth-order valence-electron chi connectivity index (χ4n) is 3.66. The quantitative estimate of drug-likeness (QED) is 0.620. The van der Waals surface area contributed by atoms with Crippen LogP contribution in [-0.4, -0.2) is 70.7 Å². The van der Waals surface area contributed by atoms with Gasteiger partial charge in [0, 0.05) is 25.4 Å². The van der Waals surface area contributed by atoms with Gasteiger partial charge in [-0.25, -0.2) is 27.9 Å². The summed E-state index contributed by atoms with van der Waals surface area (Å²) in [5.74, 6) is 0.678. The molecule has 1 aromatic carbocycles. The summed E-state index contributed by atoms with van der Waals surface area (Å²) in [5, 5.41) is 8.65. The highest BCUT2D eigenvalue weighted by Gasteiger charge is 2.25. The Morgan fingerprint density at radius 3 is 2.47 bits per heavy atom. The second kappa shape index (κ2) is 8.73. The highest BCUT2D eigenvalue weighted by Crippen LogP contribution is 2.25. The van der Waals surface area contributed by atoms with Crippen molar-refractivity contribution in [2.45, 2.75) is 43.7 Å². The Morgan fingerprint density at radius 1 is 1.16 bits per heavy atom. The van der Waals surface area contributed by atoms with Gasteiger partial charge in [-0.05, 0) is 51.0 Å². The van der Waals surface area contributed by atoms with E-state index < -0.39 is 9.84 Å². The van der Waals surface area contributed by atoms with E-state index in [2.05, 4.69) is 20.4 Å². The third-order valence-corrected chi connectivity index (χ3v) is 6.43. The van der Waals surface area contributed by atoms with E-state index in [1.165, 1.54) is 12.6 Å². The van der Waals surface area contributed by atoms with Crippen LogP contribution >= 0.6 is 0 Å². The van der Waals surface area contributed by atoms with Crippen molar-refractivity contribution < 1.29 is 17.9 Å². The molecular formula is C21H26N6O4S. The van der Waals surface area contributed by atoms with Crippen molar-refractivity contribution in [1.29, 1.82) is 0 Å². The number of amides is 1. The van der Waals surface area contributed by atoms with Crippen LogP contribution in [0.15, 0.2) is 41.7 Å². The molecule has 0 bridgehead atoms. The van der Waals surface area contributed by atoms with Crippen LogP contribution in [0, 0.1) is 0 Å². The maximum Gasteiger partial charge on any atom is 0.410 e. The van der Waals surface area contributed by atoms with Gasteiger partial charge in [0.1, 0.15) is 12.1 Å². The van der Waals surface area contributed by atoms with Gasteiger partial charge in [0.2, 0.25) is 0 Å². The lowest BCUT2D eigenvalue weighted by Crippen LogP contribution is -2.43. The number of rotatable bonds is 5. The monoisotopic (exact) mass is 458 g/mol. The molecule has 3 aromatic rings. The van der Waals surface area contributed by atoms with Crippen molar-refractivity contribution in [2.75, 3.05) is 24.7 Å². The van der Waals surface area contributed by atoms with Crippen molar-refractivity contribution in [3.05, 3.63) is 36.8 Å². The normalized spacial score (nSPS) is 15.3. The molecule has 1 aliphatic heterocycles. The zero-order valence-electron chi connectivity index (χ0n) is 18.2. The Kier molecular flexibility index (Phi) is 6.00. The number of carbonyl (C=O) groups excluding carboxylic acids is 1. The van der Waals surface area contributed by atoms with Gasteiger partial charge >= 0.3 is 6.09 Å². The summed E-state index contributed by atoms with van der Waals surface area (Å²) in [5.41, 5.74) is 1.32. The first-order valence-electron chi connectivity index (χ1n) is 10.4.